The van der Waals surface area contributed by atoms with E-state index in [2.05, 4.69) is 51.9 Å². The van der Waals surface area contributed by atoms with Crippen molar-refractivity contribution in [2.24, 2.45) is 5.92 Å². The molecule has 0 spiro atoms. The zero-order valence-electron chi connectivity index (χ0n) is 23.5. The summed E-state index contributed by atoms with van der Waals surface area (Å²) < 4.78 is 23.8. The Hall–Kier alpha value is -1.46. The third-order valence-corrected chi connectivity index (χ3v) is 6.96. The molecule has 0 saturated heterocycles. The van der Waals surface area contributed by atoms with Gasteiger partial charge in [-0.05, 0) is 50.6 Å². The fourth-order valence-electron chi connectivity index (χ4n) is 4.90. The van der Waals surface area contributed by atoms with Crippen LogP contribution in [0.5, 0.6) is 17.2 Å². The quantitative estimate of drug-likeness (QED) is 0.182. The average Bonchev–Trinajstić information content (AvgIpc) is 2.83. The van der Waals surface area contributed by atoms with E-state index in [0.29, 0.717) is 29.8 Å². The molecule has 0 aliphatic heterocycles. The molecule has 0 saturated carbocycles. The Labute approximate surface area is 210 Å². The molecule has 2 atom stereocenters. The van der Waals surface area contributed by atoms with Gasteiger partial charge in [0, 0.05) is 6.54 Å². The van der Waals surface area contributed by atoms with Crippen molar-refractivity contribution in [2.75, 3.05) is 48.6 Å². The van der Waals surface area contributed by atoms with Gasteiger partial charge in [0.1, 0.15) is 0 Å². The zero-order chi connectivity index (χ0) is 25.4. The van der Waals surface area contributed by atoms with Gasteiger partial charge in [-0.25, -0.2) is 0 Å². The molecule has 198 valence electrons. The Balaban J connectivity index is 3.13. The summed E-state index contributed by atoms with van der Waals surface area (Å²) >= 11 is 0. The van der Waals surface area contributed by atoms with Gasteiger partial charge < -0.3 is 23.8 Å². The highest BCUT2D eigenvalue weighted by Gasteiger charge is 2.39. The van der Waals surface area contributed by atoms with Gasteiger partial charge in [0.25, 0.3) is 0 Å². The molecule has 34 heavy (non-hydrogen) atoms. The predicted octanol–water partition coefficient (Wildman–Crippen LogP) is 7.45. The van der Waals surface area contributed by atoms with E-state index in [9.17, 15) is 0 Å². The minimum atomic E-state index is -0.390. The SMILES string of the molecule is CCCCCCCCCCC(C)C(CCC)(OCCN(C)C)c1cc(OC)c(OC)c(OC)c1. The number of hydrogen-bond donors (Lipinski definition) is 0. The topological polar surface area (TPSA) is 40.2 Å². The number of unbranched alkanes of at least 4 members (excludes halogenated alkanes) is 7. The highest BCUT2D eigenvalue weighted by Crippen LogP contribution is 2.47. The third kappa shape index (κ3) is 9.30. The lowest BCUT2D eigenvalue weighted by Gasteiger charge is -2.41. The van der Waals surface area contributed by atoms with Crippen LogP contribution in [-0.4, -0.2) is 53.5 Å². The summed E-state index contributed by atoms with van der Waals surface area (Å²) in [6.45, 7) is 8.45. The van der Waals surface area contributed by atoms with Crippen LogP contribution in [0, 0.1) is 5.92 Å². The lowest BCUT2D eigenvalue weighted by Crippen LogP contribution is -2.39. The van der Waals surface area contributed by atoms with E-state index < -0.39 is 5.60 Å². The molecule has 0 aliphatic carbocycles. The molecule has 0 aromatic heterocycles. The molecule has 0 heterocycles. The van der Waals surface area contributed by atoms with E-state index >= 15 is 0 Å². The van der Waals surface area contributed by atoms with Gasteiger partial charge in [-0.3, -0.25) is 0 Å². The monoisotopic (exact) mass is 479 g/mol. The number of methoxy groups -OCH3 is 3. The molecule has 0 amide bonds. The molecular formula is C29H53NO4. The number of hydrogen-bond acceptors (Lipinski definition) is 5. The molecular weight excluding hydrogens is 426 g/mol. The van der Waals surface area contributed by atoms with Crippen molar-refractivity contribution in [1.82, 2.24) is 4.90 Å². The largest absolute Gasteiger partial charge is 0.493 e. The maximum atomic E-state index is 6.83. The number of benzene rings is 1. The summed E-state index contributed by atoms with van der Waals surface area (Å²) in [5.74, 6) is 2.38. The molecule has 2 unspecified atom stereocenters. The van der Waals surface area contributed by atoms with Crippen LogP contribution in [0.3, 0.4) is 0 Å². The maximum absolute atomic E-state index is 6.83. The summed E-state index contributed by atoms with van der Waals surface area (Å²) in [6.07, 6.45) is 13.8. The van der Waals surface area contributed by atoms with Gasteiger partial charge >= 0.3 is 0 Å². The number of likely N-dealkylation sites (N-methyl/N-ethyl adjacent to an activating group) is 1. The first-order valence-electron chi connectivity index (χ1n) is 13.5. The van der Waals surface area contributed by atoms with Gasteiger partial charge in [0.15, 0.2) is 11.5 Å². The third-order valence-electron chi connectivity index (χ3n) is 6.96. The van der Waals surface area contributed by atoms with Crippen molar-refractivity contribution < 1.29 is 18.9 Å². The van der Waals surface area contributed by atoms with Crippen LogP contribution < -0.4 is 14.2 Å². The summed E-state index contributed by atoms with van der Waals surface area (Å²) in [5, 5.41) is 0. The second-order valence-electron chi connectivity index (χ2n) is 9.87. The number of ether oxygens (including phenoxy) is 4. The van der Waals surface area contributed by atoms with Crippen LogP contribution >= 0.6 is 0 Å². The smallest absolute Gasteiger partial charge is 0.203 e. The van der Waals surface area contributed by atoms with E-state index in [1.807, 2.05) is 0 Å². The molecule has 5 nitrogen and oxygen atoms in total. The van der Waals surface area contributed by atoms with Gasteiger partial charge in [0.05, 0.1) is 33.5 Å². The van der Waals surface area contributed by atoms with E-state index in [-0.39, 0.29) is 0 Å². The zero-order valence-corrected chi connectivity index (χ0v) is 23.5. The van der Waals surface area contributed by atoms with E-state index in [4.69, 9.17) is 18.9 Å². The first kappa shape index (κ1) is 30.6. The van der Waals surface area contributed by atoms with Gasteiger partial charge in [-0.2, -0.15) is 0 Å². The van der Waals surface area contributed by atoms with Crippen LogP contribution in [0.15, 0.2) is 12.1 Å². The van der Waals surface area contributed by atoms with Crippen LogP contribution in [0.4, 0.5) is 0 Å². The minimum absolute atomic E-state index is 0.373. The van der Waals surface area contributed by atoms with Crippen molar-refractivity contribution in [3.8, 4) is 17.2 Å². The van der Waals surface area contributed by atoms with Gasteiger partial charge in [-0.1, -0.05) is 78.6 Å². The molecule has 1 aromatic carbocycles. The fraction of sp³-hybridized carbons (Fsp3) is 0.793. The Morgan fingerprint density at radius 2 is 1.35 bits per heavy atom. The average molecular weight is 480 g/mol. The minimum Gasteiger partial charge on any atom is -0.493 e. The standard InChI is InChI=1S/C29H53NO4/c1-9-11-12-13-14-15-16-17-18-24(3)29(19-10-2,34-21-20-30(4)5)25-22-26(31-6)28(33-8)27(23-25)32-7/h22-24H,9-21H2,1-8H3. The summed E-state index contributed by atoms with van der Waals surface area (Å²) in [7, 11) is 9.19. The fourth-order valence-corrected chi connectivity index (χ4v) is 4.90. The molecule has 0 radical (unpaired) electrons. The molecule has 0 N–H and O–H groups in total. The first-order chi connectivity index (χ1) is 16.4. The van der Waals surface area contributed by atoms with Gasteiger partial charge in [-0.15, -0.1) is 0 Å². The normalized spacial score (nSPS) is 14.1. The molecule has 0 fully saturated rings. The lowest BCUT2D eigenvalue weighted by molar-refractivity contribution is -0.101. The van der Waals surface area contributed by atoms with E-state index in [0.717, 1.165) is 31.4 Å². The Morgan fingerprint density at radius 1 is 0.794 bits per heavy atom. The van der Waals surface area contributed by atoms with Crippen molar-refractivity contribution in [3.63, 3.8) is 0 Å². The Morgan fingerprint density at radius 3 is 1.82 bits per heavy atom. The Kier molecular flexibility index (Phi) is 15.3. The second kappa shape index (κ2) is 17.0. The van der Waals surface area contributed by atoms with Crippen molar-refractivity contribution >= 4 is 0 Å². The molecule has 0 aliphatic rings. The van der Waals surface area contributed by atoms with Crippen molar-refractivity contribution in [3.05, 3.63) is 17.7 Å². The van der Waals surface area contributed by atoms with Crippen LogP contribution in [0.25, 0.3) is 0 Å². The predicted molar refractivity (Wildman–Crippen MR) is 144 cm³/mol. The molecule has 1 aromatic rings. The summed E-state index contributed by atoms with van der Waals surface area (Å²) in [5.41, 5.74) is 0.730. The van der Waals surface area contributed by atoms with E-state index in [1.165, 1.54) is 51.4 Å². The lowest BCUT2D eigenvalue weighted by atomic mass is 9.76. The van der Waals surface area contributed by atoms with Crippen LogP contribution in [0.2, 0.25) is 0 Å². The highest BCUT2D eigenvalue weighted by atomic mass is 16.5. The van der Waals surface area contributed by atoms with E-state index in [1.54, 1.807) is 21.3 Å². The summed E-state index contributed by atoms with van der Waals surface area (Å²) in [4.78, 5) is 2.18. The van der Waals surface area contributed by atoms with Crippen LogP contribution in [-0.2, 0) is 10.3 Å². The highest BCUT2D eigenvalue weighted by molar-refractivity contribution is 5.55. The molecule has 0 bridgehead atoms. The summed E-state index contributed by atoms with van der Waals surface area (Å²) in [6, 6.07) is 4.19. The second-order valence-corrected chi connectivity index (χ2v) is 9.87. The Bertz CT molecular complexity index is 639. The number of rotatable bonds is 20. The first-order valence-corrected chi connectivity index (χ1v) is 13.5. The molecule has 1 rings (SSSR count). The van der Waals surface area contributed by atoms with Crippen molar-refractivity contribution in [1.29, 1.82) is 0 Å². The van der Waals surface area contributed by atoms with Crippen LogP contribution in [0.1, 0.15) is 97.0 Å². The number of nitrogens with zero attached hydrogens (tertiary/aromatic N) is 1. The van der Waals surface area contributed by atoms with Crippen molar-refractivity contribution in [2.45, 2.75) is 97.0 Å². The molecule has 5 heteroatoms. The van der Waals surface area contributed by atoms with Gasteiger partial charge in [0.2, 0.25) is 5.75 Å². The maximum Gasteiger partial charge on any atom is 0.203 e.